The van der Waals surface area contributed by atoms with Gasteiger partial charge in [0.05, 0.1) is 17.4 Å². The number of halogens is 2. The van der Waals surface area contributed by atoms with E-state index in [0.717, 1.165) is 37.4 Å². The van der Waals surface area contributed by atoms with Crippen molar-refractivity contribution < 1.29 is 13.9 Å². The van der Waals surface area contributed by atoms with Gasteiger partial charge < -0.3 is 5.11 Å². The van der Waals surface area contributed by atoms with Crippen LogP contribution >= 0.6 is 0 Å². The smallest absolute Gasteiger partial charge is 0.152 e. The zero-order valence-electron chi connectivity index (χ0n) is 13.0. The summed E-state index contributed by atoms with van der Waals surface area (Å²) in [7, 11) is 0. The van der Waals surface area contributed by atoms with Gasteiger partial charge in [-0.2, -0.15) is 5.10 Å². The summed E-state index contributed by atoms with van der Waals surface area (Å²) in [6.45, 7) is 1.74. The highest BCUT2D eigenvalue weighted by atomic mass is 19.1. The summed E-state index contributed by atoms with van der Waals surface area (Å²) < 4.78 is 29.6. The molecule has 2 aromatic rings. The Morgan fingerprint density at radius 2 is 2.00 bits per heavy atom. The maximum atomic E-state index is 14.2. The molecule has 2 aromatic heterocycles. The molecule has 2 saturated carbocycles. The van der Waals surface area contributed by atoms with Gasteiger partial charge in [-0.1, -0.05) is 0 Å². The van der Waals surface area contributed by atoms with Crippen molar-refractivity contribution in [3.05, 3.63) is 35.3 Å². The molecule has 4 nitrogen and oxygen atoms in total. The summed E-state index contributed by atoms with van der Waals surface area (Å²) in [5.74, 6) is -0.584. The normalized spacial score (nSPS) is 23.8. The van der Waals surface area contributed by atoms with Crippen LogP contribution in [-0.2, 0) is 0 Å². The van der Waals surface area contributed by atoms with E-state index in [2.05, 4.69) is 10.1 Å². The van der Waals surface area contributed by atoms with Crippen molar-refractivity contribution in [2.24, 2.45) is 5.92 Å². The van der Waals surface area contributed by atoms with Crippen LogP contribution in [0.3, 0.4) is 0 Å². The summed E-state index contributed by atoms with van der Waals surface area (Å²) in [5, 5.41) is 13.8. The second-order valence-electron chi connectivity index (χ2n) is 6.74. The summed E-state index contributed by atoms with van der Waals surface area (Å²) in [5.41, 5.74) is 1.94. The number of hydrogen-bond acceptors (Lipinski definition) is 3. The summed E-state index contributed by atoms with van der Waals surface area (Å²) in [6, 6.07) is 1.15. The molecule has 0 spiro atoms. The minimum Gasteiger partial charge on any atom is -0.396 e. The molecule has 0 saturated heterocycles. The zero-order valence-corrected chi connectivity index (χ0v) is 13.0. The molecule has 4 rings (SSSR count). The van der Waals surface area contributed by atoms with Crippen LogP contribution < -0.4 is 0 Å². The van der Waals surface area contributed by atoms with Crippen LogP contribution in [0.4, 0.5) is 8.78 Å². The number of nitrogens with zero attached hydrogens (tertiary/aromatic N) is 3. The number of aryl methyl sites for hydroxylation is 1. The molecule has 0 aromatic carbocycles. The van der Waals surface area contributed by atoms with Gasteiger partial charge in [0.2, 0.25) is 0 Å². The summed E-state index contributed by atoms with van der Waals surface area (Å²) in [4.78, 5) is 4.12. The minimum atomic E-state index is -0.642. The van der Waals surface area contributed by atoms with Gasteiger partial charge in [-0.3, -0.25) is 4.68 Å². The van der Waals surface area contributed by atoms with E-state index in [1.807, 2.05) is 10.9 Å². The SMILES string of the molecule is Cc1nc(-c2cn([C@H]3C[C@H](CO)C3)nc2C2CC2)c(F)cc1F. The van der Waals surface area contributed by atoms with E-state index in [1.165, 1.54) is 6.92 Å². The van der Waals surface area contributed by atoms with Crippen LogP contribution in [0.1, 0.15) is 49.0 Å². The van der Waals surface area contributed by atoms with E-state index < -0.39 is 11.6 Å². The Morgan fingerprint density at radius 3 is 2.65 bits per heavy atom. The molecular formula is C17H19F2N3O. The van der Waals surface area contributed by atoms with Gasteiger partial charge >= 0.3 is 0 Å². The molecular weight excluding hydrogens is 300 g/mol. The van der Waals surface area contributed by atoms with Crippen LogP contribution in [0.15, 0.2) is 12.3 Å². The van der Waals surface area contributed by atoms with E-state index >= 15 is 0 Å². The Morgan fingerprint density at radius 1 is 1.26 bits per heavy atom. The summed E-state index contributed by atoms with van der Waals surface area (Å²) in [6.07, 6.45) is 5.72. The van der Waals surface area contributed by atoms with Crippen molar-refractivity contribution in [2.75, 3.05) is 6.61 Å². The van der Waals surface area contributed by atoms with Crippen molar-refractivity contribution in [3.8, 4) is 11.3 Å². The maximum Gasteiger partial charge on any atom is 0.152 e. The molecule has 6 heteroatoms. The third-order valence-electron chi connectivity index (χ3n) is 4.93. The number of aliphatic hydroxyl groups excluding tert-OH is 1. The Kier molecular flexibility index (Phi) is 3.44. The lowest BCUT2D eigenvalue weighted by atomic mass is 9.81. The first-order valence-electron chi connectivity index (χ1n) is 8.09. The summed E-state index contributed by atoms with van der Waals surface area (Å²) >= 11 is 0. The third kappa shape index (κ3) is 2.55. The molecule has 122 valence electrons. The second kappa shape index (κ2) is 5.37. The maximum absolute atomic E-state index is 14.2. The van der Waals surface area contributed by atoms with Crippen molar-refractivity contribution >= 4 is 0 Å². The molecule has 2 aliphatic carbocycles. The number of rotatable bonds is 4. The highest BCUT2D eigenvalue weighted by Crippen LogP contribution is 2.45. The van der Waals surface area contributed by atoms with Crippen LogP contribution in [0.5, 0.6) is 0 Å². The number of aliphatic hydroxyl groups is 1. The first-order chi connectivity index (χ1) is 11.1. The van der Waals surface area contributed by atoms with E-state index in [9.17, 15) is 8.78 Å². The van der Waals surface area contributed by atoms with Gasteiger partial charge in [-0.05, 0) is 38.5 Å². The molecule has 2 aliphatic rings. The number of pyridine rings is 1. The number of aromatic nitrogens is 3. The first kappa shape index (κ1) is 14.8. The monoisotopic (exact) mass is 319 g/mol. The van der Waals surface area contributed by atoms with Gasteiger partial charge in [0, 0.05) is 30.4 Å². The molecule has 0 bridgehead atoms. The molecule has 1 N–H and O–H groups in total. The molecule has 0 aliphatic heterocycles. The molecule has 0 radical (unpaired) electrons. The average molecular weight is 319 g/mol. The van der Waals surface area contributed by atoms with Crippen LogP contribution in [-0.4, -0.2) is 26.5 Å². The molecule has 2 fully saturated rings. The molecule has 0 amide bonds. The van der Waals surface area contributed by atoms with Crippen molar-refractivity contribution in [3.63, 3.8) is 0 Å². The fourth-order valence-electron chi connectivity index (χ4n) is 3.25. The quantitative estimate of drug-likeness (QED) is 0.940. The highest BCUT2D eigenvalue weighted by molar-refractivity contribution is 5.63. The largest absolute Gasteiger partial charge is 0.396 e. The van der Waals surface area contributed by atoms with Crippen molar-refractivity contribution in [1.82, 2.24) is 14.8 Å². The van der Waals surface area contributed by atoms with E-state index in [1.54, 1.807) is 0 Å². The van der Waals surface area contributed by atoms with Crippen LogP contribution in [0, 0.1) is 24.5 Å². The molecule has 2 heterocycles. The Hall–Kier alpha value is -1.82. The van der Waals surface area contributed by atoms with E-state index in [0.29, 0.717) is 17.4 Å². The fraction of sp³-hybridized carbons (Fsp3) is 0.529. The predicted molar refractivity (Wildman–Crippen MR) is 80.9 cm³/mol. The zero-order chi connectivity index (χ0) is 16.1. The van der Waals surface area contributed by atoms with Crippen molar-refractivity contribution in [1.29, 1.82) is 0 Å². The molecule has 23 heavy (non-hydrogen) atoms. The Balaban J connectivity index is 1.73. The van der Waals surface area contributed by atoms with E-state index in [4.69, 9.17) is 5.11 Å². The lowest BCUT2D eigenvalue weighted by Crippen LogP contribution is -2.29. The number of hydrogen-bond donors (Lipinski definition) is 1. The van der Waals surface area contributed by atoms with Gasteiger partial charge in [-0.15, -0.1) is 0 Å². The lowest BCUT2D eigenvalue weighted by molar-refractivity contribution is 0.105. The highest BCUT2D eigenvalue weighted by Gasteiger charge is 2.35. The van der Waals surface area contributed by atoms with Gasteiger partial charge in [-0.25, -0.2) is 13.8 Å². The topological polar surface area (TPSA) is 50.9 Å². The Labute approximate surface area is 133 Å². The van der Waals surface area contributed by atoms with Crippen LogP contribution in [0.2, 0.25) is 0 Å². The van der Waals surface area contributed by atoms with Gasteiger partial charge in [0.25, 0.3) is 0 Å². The minimum absolute atomic E-state index is 0.190. The standard InChI is InChI=1S/C17H19F2N3O/c1-9-14(18)6-15(19)17(20-9)13-7-22(12-4-10(5-12)8-23)21-16(13)11-2-3-11/h6-7,10-12,23H,2-5,8H2,1H3/t10-,12-. The van der Waals surface area contributed by atoms with Crippen LogP contribution in [0.25, 0.3) is 11.3 Å². The molecule has 0 unspecified atom stereocenters. The predicted octanol–water partition coefficient (Wildman–Crippen LogP) is 3.35. The van der Waals surface area contributed by atoms with E-state index in [-0.39, 0.29) is 24.0 Å². The fourth-order valence-corrected chi connectivity index (χ4v) is 3.25. The molecule has 0 atom stereocenters. The first-order valence-corrected chi connectivity index (χ1v) is 8.09. The lowest BCUT2D eigenvalue weighted by Gasteiger charge is -2.34. The third-order valence-corrected chi connectivity index (χ3v) is 4.93. The Bertz CT molecular complexity index is 749. The second-order valence-corrected chi connectivity index (χ2v) is 6.74. The van der Waals surface area contributed by atoms with Crippen molar-refractivity contribution in [2.45, 2.75) is 44.6 Å². The van der Waals surface area contributed by atoms with Gasteiger partial charge in [0.1, 0.15) is 11.5 Å². The van der Waals surface area contributed by atoms with Gasteiger partial charge in [0.15, 0.2) is 5.82 Å². The average Bonchev–Trinajstić information content (AvgIpc) is 3.23.